The molecule has 11 heteroatoms. The Bertz CT molecular complexity index is 1580. The predicted molar refractivity (Wildman–Crippen MR) is 177 cm³/mol. The minimum Gasteiger partial charge on any atom is -0.486 e. The van der Waals surface area contributed by atoms with Crippen LogP contribution in [-0.4, -0.2) is 68.4 Å². The first kappa shape index (κ1) is 33.3. The van der Waals surface area contributed by atoms with Gasteiger partial charge in [-0.1, -0.05) is 36.4 Å². The van der Waals surface area contributed by atoms with Crippen LogP contribution in [0.15, 0.2) is 60.7 Å². The van der Waals surface area contributed by atoms with Crippen molar-refractivity contribution >= 4 is 17.8 Å². The number of amides is 2. The minimum atomic E-state index is -0.376. The summed E-state index contributed by atoms with van der Waals surface area (Å²) in [5.74, 6) is 1.31. The summed E-state index contributed by atoms with van der Waals surface area (Å²) in [6.45, 7) is 2.09. The van der Waals surface area contributed by atoms with E-state index in [2.05, 4.69) is 15.6 Å². The second-order valence-electron chi connectivity index (χ2n) is 12.7. The zero-order valence-corrected chi connectivity index (χ0v) is 27.3. The lowest BCUT2D eigenvalue weighted by Gasteiger charge is -2.29. The Morgan fingerprint density at radius 2 is 1.79 bits per heavy atom. The molecule has 1 saturated heterocycles. The number of nitrogens with one attached hydrogen (secondary N) is 2. The van der Waals surface area contributed by atoms with Crippen molar-refractivity contribution in [3.63, 3.8) is 0 Å². The maximum atomic E-state index is 13.2. The molecule has 1 aromatic heterocycles. The van der Waals surface area contributed by atoms with E-state index in [1.807, 2.05) is 54.6 Å². The van der Waals surface area contributed by atoms with Gasteiger partial charge in [-0.25, -0.2) is 4.98 Å². The van der Waals surface area contributed by atoms with Gasteiger partial charge in [0.05, 0.1) is 25.8 Å². The maximum absolute atomic E-state index is 13.2. The molecule has 2 amide bonds. The van der Waals surface area contributed by atoms with Crippen molar-refractivity contribution in [3.05, 3.63) is 71.8 Å². The smallest absolute Gasteiger partial charge is 0.306 e. The predicted octanol–water partition coefficient (Wildman–Crippen LogP) is 4.40. The molecule has 0 radical (unpaired) electrons. The van der Waals surface area contributed by atoms with E-state index in [1.165, 1.54) is 7.11 Å². The molecule has 6 rings (SSSR count). The number of hydrogen-bond acceptors (Lipinski definition) is 9. The number of fused-ring (bicyclic) bond motifs is 1. The molecule has 3 aromatic rings. The molecule has 2 fully saturated rings. The second-order valence-corrected chi connectivity index (χ2v) is 12.7. The zero-order chi connectivity index (χ0) is 33.3. The fraction of sp³-hybridized carbons (Fsp3) is 0.459. The number of esters is 1. The van der Waals surface area contributed by atoms with Gasteiger partial charge >= 0.3 is 5.97 Å². The summed E-state index contributed by atoms with van der Waals surface area (Å²) in [4.78, 5) is 42.9. The lowest BCUT2D eigenvalue weighted by Crippen LogP contribution is -2.43. The fourth-order valence-corrected chi connectivity index (χ4v) is 6.55. The number of benzene rings is 2. The second kappa shape index (κ2) is 16.0. The summed E-state index contributed by atoms with van der Waals surface area (Å²) in [6, 6.07) is 18.8. The van der Waals surface area contributed by atoms with Gasteiger partial charge in [-0.3, -0.25) is 14.4 Å². The lowest BCUT2D eigenvalue weighted by atomic mass is 9.99. The Morgan fingerprint density at radius 1 is 0.958 bits per heavy atom. The number of pyridine rings is 1. The number of ether oxygens (including phenoxy) is 5. The first-order valence-electron chi connectivity index (χ1n) is 16.8. The first-order chi connectivity index (χ1) is 23.4. The molecule has 2 N–H and O–H groups in total. The van der Waals surface area contributed by atoms with E-state index in [9.17, 15) is 14.4 Å². The molecule has 1 aliphatic carbocycles. The van der Waals surface area contributed by atoms with E-state index < -0.39 is 0 Å². The third-order valence-corrected chi connectivity index (χ3v) is 9.10. The Balaban J connectivity index is 1.04. The van der Waals surface area contributed by atoms with Crippen LogP contribution in [0.1, 0.15) is 49.7 Å². The zero-order valence-electron chi connectivity index (χ0n) is 27.3. The maximum Gasteiger partial charge on any atom is 0.306 e. The van der Waals surface area contributed by atoms with E-state index in [1.54, 1.807) is 6.07 Å². The highest BCUT2D eigenvalue weighted by Gasteiger charge is 2.29. The highest BCUT2D eigenvalue weighted by molar-refractivity contribution is 5.80. The normalized spacial score (nSPS) is 20.5. The number of hydrogen-bond donors (Lipinski definition) is 2. The van der Waals surface area contributed by atoms with Crippen LogP contribution in [0.4, 0.5) is 0 Å². The van der Waals surface area contributed by atoms with Gasteiger partial charge in [-0.05, 0) is 67.3 Å². The molecule has 3 heterocycles. The van der Waals surface area contributed by atoms with Gasteiger partial charge in [-0.15, -0.1) is 0 Å². The van der Waals surface area contributed by atoms with Crippen LogP contribution >= 0.6 is 0 Å². The monoisotopic (exact) mass is 657 g/mol. The molecular formula is C37H43N3O8. The molecular weight excluding hydrogens is 614 g/mol. The van der Waals surface area contributed by atoms with Crippen molar-refractivity contribution in [2.75, 3.05) is 33.5 Å². The van der Waals surface area contributed by atoms with Crippen LogP contribution in [-0.2, 0) is 36.9 Å². The van der Waals surface area contributed by atoms with Crippen LogP contribution in [0.25, 0.3) is 11.3 Å². The Hall–Kier alpha value is -4.64. The van der Waals surface area contributed by atoms with Crippen molar-refractivity contribution in [3.8, 4) is 28.6 Å². The molecule has 1 saturated carbocycles. The van der Waals surface area contributed by atoms with Crippen molar-refractivity contribution in [2.45, 2.75) is 63.7 Å². The van der Waals surface area contributed by atoms with Crippen LogP contribution in [0.2, 0.25) is 0 Å². The van der Waals surface area contributed by atoms with Gasteiger partial charge < -0.3 is 34.3 Å². The van der Waals surface area contributed by atoms with Gasteiger partial charge in [0.2, 0.25) is 17.7 Å². The summed E-state index contributed by atoms with van der Waals surface area (Å²) < 4.78 is 28.7. The molecule has 0 bridgehead atoms. The number of rotatable bonds is 12. The van der Waals surface area contributed by atoms with Crippen LogP contribution in [0.3, 0.4) is 0 Å². The fourth-order valence-electron chi connectivity index (χ4n) is 6.55. The Kier molecular flexibility index (Phi) is 11.1. The van der Waals surface area contributed by atoms with Gasteiger partial charge in [-0.2, -0.15) is 0 Å². The van der Waals surface area contributed by atoms with Gasteiger partial charge in [0, 0.05) is 43.2 Å². The number of carbonyl (C=O) groups is 3. The summed E-state index contributed by atoms with van der Waals surface area (Å²) in [7, 11) is 1.54. The highest BCUT2D eigenvalue weighted by Crippen LogP contribution is 2.41. The number of aromatic nitrogens is 1. The summed E-state index contributed by atoms with van der Waals surface area (Å²) in [6.07, 6.45) is 3.96. The van der Waals surface area contributed by atoms with Crippen LogP contribution in [0.5, 0.6) is 17.4 Å². The minimum absolute atomic E-state index is 0.00295. The molecule has 2 aromatic carbocycles. The topological polar surface area (TPSA) is 134 Å². The van der Waals surface area contributed by atoms with E-state index in [0.29, 0.717) is 61.4 Å². The molecule has 1 unspecified atom stereocenters. The van der Waals surface area contributed by atoms with E-state index in [-0.39, 0.29) is 54.8 Å². The number of nitrogens with zero attached hydrogens (tertiary/aromatic N) is 1. The number of carbonyl (C=O) groups excluding carboxylic acids is 3. The third kappa shape index (κ3) is 8.83. The van der Waals surface area contributed by atoms with E-state index in [4.69, 9.17) is 23.7 Å². The van der Waals surface area contributed by atoms with Gasteiger partial charge in [0.15, 0.2) is 11.5 Å². The molecule has 254 valence electrons. The van der Waals surface area contributed by atoms with Crippen molar-refractivity contribution in [1.82, 2.24) is 15.6 Å². The average molecular weight is 658 g/mol. The van der Waals surface area contributed by atoms with Crippen molar-refractivity contribution < 1.29 is 38.1 Å². The SMILES string of the molecule is COc1cc(CC(=O)N[C@@H]2CC[C@H](CC(=O)OCc3ccccc3)C2)cc(-c2cccc3c2OC(CNC(=O)C2CCOCC2)CO3)n1. The van der Waals surface area contributed by atoms with E-state index >= 15 is 0 Å². The molecule has 0 spiro atoms. The quantitative estimate of drug-likeness (QED) is 0.272. The highest BCUT2D eigenvalue weighted by atomic mass is 16.6. The van der Waals surface area contributed by atoms with Crippen LogP contribution in [0, 0.1) is 11.8 Å². The van der Waals surface area contributed by atoms with Crippen molar-refractivity contribution in [2.24, 2.45) is 11.8 Å². The molecule has 3 aliphatic rings. The average Bonchev–Trinajstić information content (AvgIpc) is 3.55. The summed E-state index contributed by atoms with van der Waals surface area (Å²) in [5.41, 5.74) is 2.98. The Labute approximate surface area is 280 Å². The lowest BCUT2D eigenvalue weighted by molar-refractivity contribution is -0.146. The number of para-hydroxylation sites is 1. The standard InChI is InChI=1S/C37H43N3O8/c1-44-34-19-26(18-33(41)39-28-11-10-25(16-28)20-35(42)47-22-24-6-3-2-4-7-24)17-31(40-34)30-8-5-9-32-36(30)48-29(23-46-32)21-38-37(43)27-12-14-45-15-13-27/h2-9,17,19,25,27-29H,10-16,18,20-23H2,1H3,(H,38,43)(H,39,41)/t25-,28+,29?/m0/s1. The largest absolute Gasteiger partial charge is 0.486 e. The molecule has 11 nitrogen and oxygen atoms in total. The molecule has 48 heavy (non-hydrogen) atoms. The van der Waals surface area contributed by atoms with Gasteiger partial charge in [0.25, 0.3) is 0 Å². The summed E-state index contributed by atoms with van der Waals surface area (Å²) >= 11 is 0. The summed E-state index contributed by atoms with van der Waals surface area (Å²) in [5, 5.41) is 6.16. The number of methoxy groups -OCH3 is 1. The first-order valence-corrected chi connectivity index (χ1v) is 16.8. The van der Waals surface area contributed by atoms with E-state index in [0.717, 1.165) is 43.2 Å². The Morgan fingerprint density at radius 3 is 2.60 bits per heavy atom. The molecule has 2 aliphatic heterocycles. The molecule has 3 atom stereocenters. The third-order valence-electron chi connectivity index (χ3n) is 9.10. The van der Waals surface area contributed by atoms with Crippen molar-refractivity contribution in [1.29, 1.82) is 0 Å². The van der Waals surface area contributed by atoms with Crippen LogP contribution < -0.4 is 24.8 Å². The van der Waals surface area contributed by atoms with Gasteiger partial charge in [0.1, 0.15) is 19.3 Å².